The third-order valence-corrected chi connectivity index (χ3v) is 6.08. The van der Waals surface area contributed by atoms with E-state index < -0.39 is 5.91 Å². The van der Waals surface area contributed by atoms with Crippen molar-refractivity contribution in [2.45, 2.75) is 6.54 Å². The third kappa shape index (κ3) is 4.40. The maximum atomic E-state index is 13.0. The molecule has 1 amide bonds. The smallest absolute Gasteiger partial charge is 0.252 e. The number of amides is 1. The largest absolute Gasteiger partial charge is 0.485 e. The highest BCUT2D eigenvalue weighted by atomic mass is 35.5. The Morgan fingerprint density at radius 2 is 1.91 bits per heavy atom. The van der Waals surface area contributed by atoms with Gasteiger partial charge in [0.2, 0.25) is 5.78 Å². The average molecular weight is 472 g/mol. The van der Waals surface area contributed by atoms with E-state index in [2.05, 4.69) is 28.2 Å². The van der Waals surface area contributed by atoms with Gasteiger partial charge in [0.1, 0.15) is 5.75 Å². The van der Waals surface area contributed by atoms with Crippen LogP contribution in [0.1, 0.15) is 26.3 Å². The number of allylic oxidation sites excluding steroid dienone is 2. The van der Waals surface area contributed by atoms with Crippen LogP contribution < -0.4 is 10.5 Å². The van der Waals surface area contributed by atoms with Crippen LogP contribution in [0.4, 0.5) is 0 Å². The summed E-state index contributed by atoms with van der Waals surface area (Å²) >= 11 is 6.05. The Hall–Kier alpha value is -4.03. The number of H-pyrrole nitrogens is 1. The number of carbonyl (C=O) groups is 2. The van der Waals surface area contributed by atoms with E-state index in [1.54, 1.807) is 30.5 Å². The molecule has 0 unspecified atom stereocenters. The first-order valence-corrected chi connectivity index (χ1v) is 11.2. The zero-order chi connectivity index (χ0) is 23.7. The first kappa shape index (κ1) is 21.8. The summed E-state index contributed by atoms with van der Waals surface area (Å²) in [5, 5.41) is 2.98. The van der Waals surface area contributed by atoms with Gasteiger partial charge in [-0.15, -0.1) is 0 Å². The number of Topliss-reactive ketones (excluding diaryl/α,β-unsaturated/α-hetero) is 1. The first-order valence-electron chi connectivity index (χ1n) is 10.8. The number of ether oxygens (including phenoxy) is 1. The molecule has 0 atom stereocenters. The van der Waals surface area contributed by atoms with Gasteiger partial charge in [0.15, 0.2) is 6.61 Å². The molecule has 34 heavy (non-hydrogen) atoms. The predicted octanol–water partition coefficient (Wildman–Crippen LogP) is 5.22. The minimum Gasteiger partial charge on any atom is -0.485 e. The molecule has 0 spiro atoms. The highest BCUT2D eigenvalue weighted by Crippen LogP contribution is 2.29. The molecule has 1 aromatic heterocycles. The molecule has 0 radical (unpaired) electrons. The lowest BCUT2D eigenvalue weighted by Gasteiger charge is -2.20. The van der Waals surface area contributed by atoms with E-state index in [-0.39, 0.29) is 23.7 Å². The van der Waals surface area contributed by atoms with Gasteiger partial charge in [-0.1, -0.05) is 42.0 Å². The van der Waals surface area contributed by atoms with Crippen molar-refractivity contribution in [3.63, 3.8) is 0 Å². The lowest BCUT2D eigenvalue weighted by molar-refractivity contribution is 0.0914. The van der Waals surface area contributed by atoms with E-state index >= 15 is 0 Å². The van der Waals surface area contributed by atoms with Crippen molar-refractivity contribution in [3.05, 3.63) is 101 Å². The molecule has 1 aliphatic rings. The molecule has 1 aliphatic heterocycles. The van der Waals surface area contributed by atoms with Crippen molar-refractivity contribution in [1.29, 1.82) is 0 Å². The average Bonchev–Trinajstić information content (AvgIpc) is 3.26. The van der Waals surface area contributed by atoms with E-state index in [0.717, 1.165) is 40.3 Å². The number of nitrogens with zero attached hydrogens (tertiary/aromatic N) is 1. The fourth-order valence-electron chi connectivity index (χ4n) is 4.14. The summed E-state index contributed by atoms with van der Waals surface area (Å²) in [4.78, 5) is 30.4. The number of primary amides is 1. The number of benzene rings is 3. The van der Waals surface area contributed by atoms with Crippen LogP contribution in [0.5, 0.6) is 5.75 Å². The Morgan fingerprint density at radius 1 is 1.03 bits per heavy atom. The minimum absolute atomic E-state index is 0.199. The fraction of sp³-hybridized carbons (Fsp3) is 0.111. The lowest BCUT2D eigenvalue weighted by atomic mass is 10.1. The van der Waals surface area contributed by atoms with Gasteiger partial charge in [-0.3, -0.25) is 9.59 Å². The molecule has 0 fully saturated rings. The van der Waals surface area contributed by atoms with Crippen molar-refractivity contribution in [2.24, 2.45) is 5.73 Å². The molecular weight excluding hydrogens is 450 g/mol. The number of nitrogens with two attached hydrogens (primary N) is 1. The second kappa shape index (κ2) is 9.08. The van der Waals surface area contributed by atoms with Crippen molar-refractivity contribution >= 4 is 45.0 Å². The molecule has 3 aromatic carbocycles. The van der Waals surface area contributed by atoms with E-state index in [0.29, 0.717) is 10.6 Å². The van der Waals surface area contributed by atoms with Crippen LogP contribution in [0.25, 0.3) is 21.7 Å². The van der Waals surface area contributed by atoms with Crippen LogP contribution in [0, 0.1) is 0 Å². The number of aromatic nitrogens is 1. The van der Waals surface area contributed by atoms with Gasteiger partial charge in [0.25, 0.3) is 5.91 Å². The number of ketones is 1. The van der Waals surface area contributed by atoms with Crippen LogP contribution in [0.2, 0.25) is 5.02 Å². The topological polar surface area (TPSA) is 88.4 Å². The molecule has 5 rings (SSSR count). The monoisotopic (exact) mass is 471 g/mol. The molecule has 7 heteroatoms. The second-order valence-corrected chi connectivity index (χ2v) is 8.63. The zero-order valence-electron chi connectivity index (χ0n) is 18.3. The molecule has 0 saturated heterocycles. The fourth-order valence-corrected chi connectivity index (χ4v) is 4.32. The molecule has 3 N–H and O–H groups in total. The van der Waals surface area contributed by atoms with Crippen LogP contribution in [0.15, 0.2) is 79.2 Å². The minimum atomic E-state index is -0.636. The molecular formula is C27H22ClN3O3. The summed E-state index contributed by atoms with van der Waals surface area (Å²) in [6.07, 6.45) is 9.92. The Bertz CT molecular complexity index is 1490. The van der Waals surface area contributed by atoms with Crippen molar-refractivity contribution in [2.75, 3.05) is 13.2 Å². The molecule has 4 aromatic rings. The van der Waals surface area contributed by atoms with Crippen LogP contribution >= 0.6 is 11.6 Å². The summed E-state index contributed by atoms with van der Waals surface area (Å²) in [6.45, 7) is 1.43. The summed E-state index contributed by atoms with van der Waals surface area (Å²) < 4.78 is 5.78. The second-order valence-electron chi connectivity index (χ2n) is 8.20. The number of fused-ring (bicyclic) bond motifs is 2. The van der Waals surface area contributed by atoms with Crippen LogP contribution in [0.3, 0.4) is 0 Å². The van der Waals surface area contributed by atoms with Crippen molar-refractivity contribution in [3.8, 4) is 5.75 Å². The lowest BCUT2D eigenvalue weighted by Crippen LogP contribution is -2.18. The third-order valence-electron chi connectivity index (χ3n) is 5.84. The summed E-state index contributed by atoms with van der Waals surface area (Å²) in [5.74, 6) is -0.570. The number of hydrogen-bond acceptors (Lipinski definition) is 4. The summed E-state index contributed by atoms with van der Waals surface area (Å²) in [6, 6.07) is 14.7. The van der Waals surface area contributed by atoms with Crippen molar-refractivity contribution in [1.82, 2.24) is 9.88 Å². The highest BCUT2D eigenvalue weighted by Gasteiger charge is 2.17. The molecule has 6 nitrogen and oxygen atoms in total. The SMILES string of the molecule is NC(=O)c1cc2cc(Cl)ccc2cc1OCC(=O)c1c[nH]c2cc(CN3C=CC=CC3)ccc12. The molecule has 0 aliphatic carbocycles. The molecule has 170 valence electrons. The molecule has 2 heterocycles. The quantitative estimate of drug-likeness (QED) is 0.362. The Balaban J connectivity index is 1.35. The van der Waals surface area contributed by atoms with E-state index in [9.17, 15) is 9.59 Å². The van der Waals surface area contributed by atoms with Gasteiger partial charge >= 0.3 is 0 Å². The van der Waals surface area contributed by atoms with Crippen molar-refractivity contribution < 1.29 is 14.3 Å². The number of halogens is 1. The van der Waals surface area contributed by atoms with Gasteiger partial charge in [-0.25, -0.2) is 0 Å². The number of nitrogens with one attached hydrogen (secondary N) is 1. The number of carbonyl (C=O) groups excluding carboxylic acids is 2. The van der Waals surface area contributed by atoms with Gasteiger partial charge in [0, 0.05) is 40.8 Å². The van der Waals surface area contributed by atoms with Gasteiger partial charge < -0.3 is 20.4 Å². The normalized spacial score (nSPS) is 13.0. The van der Waals surface area contributed by atoms with E-state index in [1.807, 2.05) is 30.4 Å². The maximum absolute atomic E-state index is 13.0. The number of rotatable bonds is 7. The summed E-state index contributed by atoms with van der Waals surface area (Å²) in [5.41, 5.74) is 8.32. The number of hydrogen-bond donors (Lipinski definition) is 2. The molecule has 0 bridgehead atoms. The Kier molecular flexibility index (Phi) is 5.82. The predicted molar refractivity (Wildman–Crippen MR) is 134 cm³/mol. The van der Waals surface area contributed by atoms with E-state index in [1.165, 1.54) is 0 Å². The van der Waals surface area contributed by atoms with Gasteiger partial charge in [-0.2, -0.15) is 0 Å². The zero-order valence-corrected chi connectivity index (χ0v) is 19.0. The highest BCUT2D eigenvalue weighted by molar-refractivity contribution is 6.31. The summed E-state index contributed by atoms with van der Waals surface area (Å²) in [7, 11) is 0. The van der Waals surface area contributed by atoms with Gasteiger partial charge in [-0.05, 0) is 58.9 Å². The standard InChI is InChI=1S/C27H22ClN3O3/c28-20-6-5-18-13-26(22(27(29)33)12-19(18)11-20)34-16-25(32)23-14-30-24-10-17(4-7-21(23)24)15-31-8-2-1-3-9-31/h1-8,10-14,30H,9,15-16H2,(H2,29,33). The van der Waals surface area contributed by atoms with Crippen LogP contribution in [-0.2, 0) is 6.54 Å². The van der Waals surface area contributed by atoms with Gasteiger partial charge in [0.05, 0.1) is 5.56 Å². The number of aromatic amines is 1. The molecule has 0 saturated carbocycles. The Morgan fingerprint density at radius 3 is 2.71 bits per heavy atom. The van der Waals surface area contributed by atoms with E-state index in [4.69, 9.17) is 22.1 Å². The first-order chi connectivity index (χ1) is 16.5. The maximum Gasteiger partial charge on any atom is 0.252 e. The Labute approximate surface area is 201 Å². The van der Waals surface area contributed by atoms with Crippen LogP contribution in [-0.4, -0.2) is 34.7 Å².